The van der Waals surface area contributed by atoms with Gasteiger partial charge < -0.3 is 0 Å². The average molecular weight is 199 g/mol. The molecule has 0 aromatic heterocycles. The number of hydrogen-bond donors (Lipinski definition) is 3. The molecule has 0 spiro atoms. The summed E-state index contributed by atoms with van der Waals surface area (Å²) in [7, 11) is -5.29. The van der Waals surface area contributed by atoms with Gasteiger partial charge in [-0.25, -0.2) is 0 Å². The maximum atomic E-state index is 8.82. The summed E-state index contributed by atoms with van der Waals surface area (Å²) in [6.45, 7) is 2.00. The fourth-order valence-electron chi connectivity index (χ4n) is 0.676. The molecule has 0 heterocycles. The molecule has 3 N–H and O–H groups in total. The van der Waals surface area contributed by atoms with Crippen molar-refractivity contribution >= 4 is 24.7 Å². The molecule has 0 aromatic carbocycles. The van der Waals surface area contributed by atoms with Crippen LogP contribution < -0.4 is 0 Å². The van der Waals surface area contributed by atoms with E-state index in [1.54, 1.807) is 0 Å². The van der Waals surface area contributed by atoms with Crippen LogP contribution >= 0.6 is 20.1 Å². The molecule has 0 atom stereocenters. The van der Waals surface area contributed by atoms with E-state index >= 15 is 0 Å². The molecule has 11 heavy (non-hydrogen) atoms. The van der Waals surface area contributed by atoms with Crippen LogP contribution in [0.15, 0.2) is 0 Å². The molecule has 0 bridgehead atoms. The molecule has 0 radical (unpaired) electrons. The van der Waals surface area contributed by atoms with Gasteiger partial charge in [0.1, 0.15) is 0 Å². The van der Waals surface area contributed by atoms with Gasteiger partial charge in [0.05, 0.1) is 0 Å². The Kier molecular flexibility index (Phi) is 4.41. The molecule has 0 unspecified atom stereocenters. The second-order valence-electron chi connectivity index (χ2n) is 2.42. The van der Waals surface area contributed by atoms with Crippen LogP contribution in [0.25, 0.3) is 0 Å². The van der Waals surface area contributed by atoms with Crippen LogP contribution in [0.4, 0.5) is 0 Å². The van der Waals surface area contributed by atoms with E-state index in [2.05, 4.69) is 12.2 Å². The summed E-state index contributed by atoms with van der Waals surface area (Å²) >= 11 is 4.54. The van der Waals surface area contributed by atoms with Crippen LogP contribution in [-0.2, 0) is 0 Å². The van der Waals surface area contributed by atoms with Gasteiger partial charge in [0.25, 0.3) is 0 Å². The van der Waals surface area contributed by atoms with E-state index in [4.69, 9.17) is 16.0 Å². The van der Waals surface area contributed by atoms with Crippen molar-refractivity contribution in [3.8, 4) is 0 Å². The third-order valence-electron chi connectivity index (χ3n) is 1.33. The first kappa shape index (κ1) is 9.49. The standard InChI is InChI=1S/C6H15O3PS/c1-2-3-4-5-6(11)10(7,8)9/h7-10H,2-5H2,1H3/i10D. The summed E-state index contributed by atoms with van der Waals surface area (Å²) in [5.74, 6) is 0. The SMILES string of the molecule is [2H]P(O)(O)(O)C(=S)CCCCC. The summed E-state index contributed by atoms with van der Waals surface area (Å²) in [6, 6.07) is 0. The number of unbranched alkanes of at least 4 members (excludes halogenated alkanes) is 2. The normalized spacial score (nSPS) is 16.7. The van der Waals surface area contributed by atoms with Gasteiger partial charge in [-0.2, -0.15) is 0 Å². The van der Waals surface area contributed by atoms with Crippen LogP contribution in [0, 0.1) is 0 Å². The molecular formula is C6H15O3PS. The van der Waals surface area contributed by atoms with E-state index in [0.717, 1.165) is 12.8 Å². The van der Waals surface area contributed by atoms with Crippen molar-refractivity contribution in [1.82, 2.24) is 0 Å². The number of hydrogen-bond acceptors (Lipinski definition) is 4. The topological polar surface area (TPSA) is 60.7 Å². The van der Waals surface area contributed by atoms with E-state index in [1.807, 2.05) is 6.92 Å². The zero-order valence-corrected chi connectivity index (χ0v) is 8.24. The molecule has 0 rings (SSSR count). The van der Waals surface area contributed by atoms with Crippen molar-refractivity contribution in [1.29, 1.82) is 1.28 Å². The van der Waals surface area contributed by atoms with Crippen LogP contribution in [0.5, 0.6) is 0 Å². The fraction of sp³-hybridized carbons (Fsp3) is 0.833. The fourth-order valence-corrected chi connectivity index (χ4v) is 1.28. The van der Waals surface area contributed by atoms with Crippen molar-refractivity contribution in [2.75, 3.05) is 0 Å². The third-order valence-corrected chi connectivity index (χ3v) is 3.16. The molecule has 0 fully saturated rings. The van der Waals surface area contributed by atoms with Crippen LogP contribution in [0.1, 0.15) is 32.6 Å². The van der Waals surface area contributed by atoms with Gasteiger partial charge >= 0.3 is 73.3 Å². The quantitative estimate of drug-likeness (QED) is 0.355. The molecule has 0 aromatic rings. The van der Waals surface area contributed by atoms with Crippen molar-refractivity contribution < 1.29 is 14.7 Å². The predicted octanol–water partition coefficient (Wildman–Crippen LogP) is 1.37. The van der Waals surface area contributed by atoms with E-state index in [1.165, 1.54) is 0 Å². The van der Waals surface area contributed by atoms with Gasteiger partial charge in [0, 0.05) is 0 Å². The molecule has 68 valence electrons. The van der Waals surface area contributed by atoms with Crippen LogP contribution in [0.2, 0.25) is 0 Å². The Balaban J connectivity index is 3.90. The summed E-state index contributed by atoms with van der Waals surface area (Å²) in [6.07, 6.45) is 2.81. The zero-order valence-electron chi connectivity index (χ0n) is 7.53. The number of rotatable bonds is 5. The minimum atomic E-state index is -5.29. The molecule has 3 nitrogen and oxygen atoms in total. The van der Waals surface area contributed by atoms with Crippen molar-refractivity contribution in [2.45, 2.75) is 32.6 Å². The number of thiocarbonyl (C=S) groups is 1. The van der Waals surface area contributed by atoms with E-state index in [0.29, 0.717) is 6.42 Å². The van der Waals surface area contributed by atoms with Gasteiger partial charge in [0.15, 0.2) is 0 Å². The molecule has 0 aliphatic heterocycles. The predicted molar refractivity (Wildman–Crippen MR) is 51.7 cm³/mol. The Morgan fingerprint density at radius 2 is 2.00 bits per heavy atom. The third kappa shape index (κ3) is 5.65. The maximum absolute atomic E-state index is 8.82. The van der Waals surface area contributed by atoms with Crippen molar-refractivity contribution in [2.24, 2.45) is 0 Å². The Bertz CT molecular complexity index is 168. The van der Waals surface area contributed by atoms with Crippen LogP contribution in [-0.4, -0.2) is 20.6 Å². The molecule has 0 aliphatic rings. The van der Waals surface area contributed by atoms with E-state index in [-0.39, 0.29) is 11.0 Å². The van der Waals surface area contributed by atoms with Gasteiger partial charge in [-0.1, -0.05) is 0 Å². The van der Waals surface area contributed by atoms with Gasteiger partial charge in [-0.05, 0) is 0 Å². The van der Waals surface area contributed by atoms with Crippen LogP contribution in [0.3, 0.4) is 0 Å². The van der Waals surface area contributed by atoms with Gasteiger partial charge in [-0.3, -0.25) is 0 Å². The molecule has 0 saturated carbocycles. The Hall–Kier alpha value is 0.400. The molecule has 0 saturated heterocycles. The first-order chi connectivity index (χ1) is 5.24. The second kappa shape index (κ2) is 5.12. The molecule has 0 aliphatic carbocycles. The average Bonchev–Trinajstić information content (AvgIpc) is 1.84. The summed E-state index contributed by atoms with van der Waals surface area (Å²) in [5.41, 5.74) is 0. The Morgan fingerprint density at radius 3 is 2.36 bits per heavy atom. The molecule has 0 amide bonds. The van der Waals surface area contributed by atoms with E-state index in [9.17, 15) is 0 Å². The van der Waals surface area contributed by atoms with Crippen molar-refractivity contribution in [3.05, 3.63) is 0 Å². The van der Waals surface area contributed by atoms with Crippen molar-refractivity contribution in [3.63, 3.8) is 0 Å². The van der Waals surface area contributed by atoms with E-state index < -0.39 is 7.89 Å². The molecular weight excluding hydrogens is 183 g/mol. The monoisotopic (exact) mass is 199 g/mol. The zero-order chi connectivity index (χ0) is 9.85. The summed E-state index contributed by atoms with van der Waals surface area (Å²) in [4.78, 5) is 26.5. The second-order valence-corrected chi connectivity index (χ2v) is 4.89. The Labute approximate surface area is 73.9 Å². The molecule has 5 heteroatoms. The summed E-state index contributed by atoms with van der Waals surface area (Å²) < 4.78 is 6.46. The first-order valence-corrected chi connectivity index (χ1v) is 5.64. The Morgan fingerprint density at radius 1 is 1.45 bits per heavy atom. The van der Waals surface area contributed by atoms with Gasteiger partial charge in [0.2, 0.25) is 0 Å². The first-order valence-electron chi connectivity index (χ1n) is 4.04. The van der Waals surface area contributed by atoms with Gasteiger partial charge in [-0.15, -0.1) is 0 Å². The minimum absolute atomic E-state index is 0.230. The summed E-state index contributed by atoms with van der Waals surface area (Å²) in [5, 5.41) is 0.